The van der Waals surface area contributed by atoms with Crippen LogP contribution in [-0.2, 0) is 21.7 Å². The lowest BCUT2D eigenvalue weighted by atomic mass is 9.73. The Bertz CT molecular complexity index is 1610. The lowest BCUT2D eigenvalue weighted by Gasteiger charge is -2.38. The fraction of sp³-hybridized carbons (Fsp3) is 0.486. The Balaban J connectivity index is 1.28. The number of halogens is 12. The molecular formula is C35H32F12O3. The van der Waals surface area contributed by atoms with Crippen molar-refractivity contribution in [3.8, 4) is 16.9 Å². The number of benzene rings is 3. The van der Waals surface area contributed by atoms with Crippen LogP contribution in [0, 0.1) is 46.8 Å². The summed E-state index contributed by atoms with van der Waals surface area (Å²) >= 11 is 0. The van der Waals surface area contributed by atoms with Gasteiger partial charge in [0, 0.05) is 17.7 Å². The molecule has 0 N–H and O–H groups in total. The highest BCUT2D eigenvalue weighted by molar-refractivity contribution is 5.65. The first kappa shape index (κ1) is 37.8. The first-order valence-corrected chi connectivity index (χ1v) is 16.0. The van der Waals surface area contributed by atoms with Crippen LogP contribution in [0.15, 0.2) is 42.5 Å². The molecule has 1 saturated carbocycles. The highest BCUT2D eigenvalue weighted by Gasteiger charge is 2.50. The Morgan fingerprint density at radius 2 is 1.22 bits per heavy atom. The molecule has 0 radical (unpaired) electrons. The summed E-state index contributed by atoms with van der Waals surface area (Å²) in [4.78, 5) is 0. The quantitative estimate of drug-likeness (QED) is 0.195. The van der Waals surface area contributed by atoms with Gasteiger partial charge in [-0.25, -0.2) is 26.7 Å². The summed E-state index contributed by atoms with van der Waals surface area (Å²) in [7, 11) is 0. The van der Waals surface area contributed by atoms with Crippen molar-refractivity contribution < 1.29 is 66.9 Å². The van der Waals surface area contributed by atoms with E-state index < -0.39 is 76.2 Å². The third-order valence-electron chi connectivity index (χ3n) is 9.37. The van der Waals surface area contributed by atoms with E-state index in [0.717, 1.165) is 31.2 Å². The van der Waals surface area contributed by atoms with E-state index in [2.05, 4.69) is 16.4 Å². The van der Waals surface area contributed by atoms with Gasteiger partial charge in [-0.15, -0.1) is 13.2 Å². The first-order valence-electron chi connectivity index (χ1n) is 16.0. The van der Waals surface area contributed by atoms with Crippen LogP contribution in [-0.4, -0.2) is 13.0 Å². The molecule has 3 aromatic carbocycles. The summed E-state index contributed by atoms with van der Waals surface area (Å²) in [5.41, 5.74) is -5.01. The number of alkyl halides is 7. The maximum atomic E-state index is 15.3. The van der Waals surface area contributed by atoms with E-state index in [-0.39, 0.29) is 17.7 Å². The van der Waals surface area contributed by atoms with Crippen LogP contribution >= 0.6 is 0 Å². The average molecular weight is 729 g/mol. The SMILES string of the molecule is CCCC1CCC(C2CCC(c3ccc(-c4cc(F)c(C(F)(F)Oc5cc(F)c(C(F)(F)OC(F)(F)F)c(F)c5)c(F)c4)c(F)c3)OC2)CC1. The Hall–Kier alpha value is -3.46. The van der Waals surface area contributed by atoms with E-state index in [1.807, 2.05) is 0 Å². The molecule has 2 unspecified atom stereocenters. The molecule has 1 aliphatic heterocycles. The van der Waals surface area contributed by atoms with E-state index in [1.54, 1.807) is 0 Å². The molecule has 3 aromatic rings. The lowest BCUT2D eigenvalue weighted by molar-refractivity contribution is -0.432. The largest absolute Gasteiger partial charge is 0.527 e. The van der Waals surface area contributed by atoms with Crippen LogP contribution in [0.5, 0.6) is 5.75 Å². The predicted molar refractivity (Wildman–Crippen MR) is 155 cm³/mol. The molecule has 0 spiro atoms. The van der Waals surface area contributed by atoms with Crippen LogP contribution < -0.4 is 4.74 Å². The summed E-state index contributed by atoms with van der Waals surface area (Å²) in [5, 5.41) is 0. The van der Waals surface area contributed by atoms with Gasteiger partial charge in [0.25, 0.3) is 0 Å². The Kier molecular flexibility index (Phi) is 11.1. The summed E-state index contributed by atoms with van der Waals surface area (Å²) in [5.74, 6) is -9.71. The monoisotopic (exact) mass is 728 g/mol. The van der Waals surface area contributed by atoms with Gasteiger partial charge < -0.3 is 9.47 Å². The van der Waals surface area contributed by atoms with Crippen molar-refractivity contribution in [2.45, 2.75) is 83.0 Å². The van der Waals surface area contributed by atoms with E-state index in [9.17, 15) is 48.3 Å². The number of hydrogen-bond acceptors (Lipinski definition) is 3. The van der Waals surface area contributed by atoms with E-state index in [0.29, 0.717) is 42.6 Å². The molecule has 5 rings (SSSR count). The number of ether oxygens (including phenoxy) is 3. The summed E-state index contributed by atoms with van der Waals surface area (Å²) < 4.78 is 180. The molecule has 1 aliphatic carbocycles. The molecule has 3 nitrogen and oxygen atoms in total. The minimum Gasteiger partial charge on any atom is -0.429 e. The van der Waals surface area contributed by atoms with Gasteiger partial charge in [-0.05, 0) is 72.8 Å². The topological polar surface area (TPSA) is 27.7 Å². The van der Waals surface area contributed by atoms with Crippen LogP contribution in [0.1, 0.15) is 81.1 Å². The highest BCUT2D eigenvalue weighted by Crippen LogP contribution is 2.44. The van der Waals surface area contributed by atoms with Crippen LogP contribution in [0.2, 0.25) is 0 Å². The van der Waals surface area contributed by atoms with Gasteiger partial charge in [0.15, 0.2) is 0 Å². The Labute approximate surface area is 279 Å². The maximum absolute atomic E-state index is 15.3. The second-order valence-corrected chi connectivity index (χ2v) is 12.7. The summed E-state index contributed by atoms with van der Waals surface area (Å²) in [6, 6.07) is 3.87. The first-order chi connectivity index (χ1) is 23.4. The molecular weight excluding hydrogens is 696 g/mol. The van der Waals surface area contributed by atoms with Gasteiger partial charge in [-0.2, -0.15) is 17.6 Å². The molecule has 1 saturated heterocycles. The predicted octanol–water partition coefficient (Wildman–Crippen LogP) is 11.8. The second kappa shape index (κ2) is 14.6. The Morgan fingerprint density at radius 3 is 1.74 bits per heavy atom. The van der Waals surface area contributed by atoms with E-state index in [4.69, 9.17) is 4.74 Å². The minimum absolute atomic E-state index is 0.346. The molecule has 15 heteroatoms. The maximum Gasteiger partial charge on any atom is 0.527 e. The normalized spacial score (nSPS) is 22.1. The third-order valence-corrected chi connectivity index (χ3v) is 9.37. The zero-order valence-electron chi connectivity index (χ0n) is 26.5. The van der Waals surface area contributed by atoms with Crippen molar-refractivity contribution in [1.82, 2.24) is 0 Å². The van der Waals surface area contributed by atoms with Gasteiger partial charge in [0.2, 0.25) is 0 Å². The zero-order valence-corrected chi connectivity index (χ0v) is 26.5. The van der Waals surface area contributed by atoms with Crippen molar-refractivity contribution >= 4 is 0 Å². The fourth-order valence-corrected chi connectivity index (χ4v) is 7.02. The van der Waals surface area contributed by atoms with Crippen molar-refractivity contribution in [2.24, 2.45) is 17.8 Å². The third kappa shape index (κ3) is 8.52. The molecule has 50 heavy (non-hydrogen) atoms. The van der Waals surface area contributed by atoms with Gasteiger partial charge in [-0.1, -0.05) is 44.7 Å². The van der Waals surface area contributed by atoms with Gasteiger partial charge in [-0.3, -0.25) is 0 Å². The zero-order chi connectivity index (χ0) is 36.6. The Morgan fingerprint density at radius 1 is 0.660 bits per heavy atom. The van der Waals surface area contributed by atoms with E-state index in [1.165, 1.54) is 37.8 Å². The molecule has 274 valence electrons. The van der Waals surface area contributed by atoms with Crippen molar-refractivity contribution in [2.75, 3.05) is 6.61 Å². The van der Waals surface area contributed by atoms with Gasteiger partial charge in [0.05, 0.1) is 12.7 Å². The van der Waals surface area contributed by atoms with Crippen molar-refractivity contribution in [3.63, 3.8) is 0 Å². The molecule has 2 aliphatic rings. The van der Waals surface area contributed by atoms with Crippen molar-refractivity contribution in [3.05, 3.63) is 88.2 Å². The summed E-state index contributed by atoms with van der Waals surface area (Å²) in [6.45, 7) is 2.71. The lowest BCUT2D eigenvalue weighted by Crippen LogP contribution is -2.30. The number of hydrogen-bond donors (Lipinski definition) is 0. The smallest absolute Gasteiger partial charge is 0.429 e. The van der Waals surface area contributed by atoms with E-state index >= 15 is 4.39 Å². The minimum atomic E-state index is -6.04. The summed E-state index contributed by atoms with van der Waals surface area (Å²) in [6.07, 6.45) is -8.42. The van der Waals surface area contributed by atoms with Crippen LogP contribution in [0.3, 0.4) is 0 Å². The molecule has 2 atom stereocenters. The van der Waals surface area contributed by atoms with Crippen LogP contribution in [0.4, 0.5) is 52.7 Å². The van der Waals surface area contributed by atoms with Crippen molar-refractivity contribution in [1.29, 1.82) is 0 Å². The average Bonchev–Trinajstić information content (AvgIpc) is 2.99. The second-order valence-electron chi connectivity index (χ2n) is 12.7. The molecule has 0 bridgehead atoms. The number of rotatable bonds is 10. The highest BCUT2D eigenvalue weighted by atomic mass is 19.4. The molecule has 0 aromatic heterocycles. The van der Waals surface area contributed by atoms with Gasteiger partial charge >= 0.3 is 18.6 Å². The van der Waals surface area contributed by atoms with Crippen LogP contribution in [0.25, 0.3) is 11.1 Å². The molecule has 1 heterocycles. The van der Waals surface area contributed by atoms with Gasteiger partial charge in [0.1, 0.15) is 46.0 Å². The standard InChI is InChI=1S/C35H32F12O3/c1-2-3-18-4-6-19(7-5-18)21-9-11-30(48-17-21)20-8-10-24(25(36)12-20)22-13-26(37)31(27(38)14-22)33(41,42)49-23-15-28(39)32(29(40)16-23)34(43,44)50-35(45,46)47/h8,10,12-16,18-19,21,30H,2-7,9,11,17H2,1H3. The molecule has 2 fully saturated rings. The fourth-order valence-electron chi connectivity index (χ4n) is 7.02. The molecule has 0 amide bonds.